The zero-order valence-corrected chi connectivity index (χ0v) is 8.28. The highest BCUT2D eigenvalue weighted by Crippen LogP contribution is 1.89. The summed E-state index contributed by atoms with van der Waals surface area (Å²) in [5.74, 6) is -0.224. The molecule has 0 aromatic carbocycles. The highest BCUT2D eigenvalue weighted by atomic mass is 16.5. The number of carbonyl (C=O) groups is 1. The Kier molecular flexibility index (Phi) is 5.61. The Hall–Kier alpha value is -0.650. The first-order chi connectivity index (χ1) is 5.99. The maximum atomic E-state index is 11.1. The first-order valence-electron chi connectivity index (χ1n) is 4.23. The largest absolute Gasteiger partial charge is 0.392 e. The molecule has 1 amide bonds. The summed E-state index contributed by atoms with van der Waals surface area (Å²) in [5, 5.41) is 11.6. The highest BCUT2D eigenvalue weighted by Gasteiger charge is 2.14. The Bertz CT molecular complexity index is 161. The molecule has 0 aliphatic rings. The van der Waals surface area contributed by atoms with Crippen LogP contribution in [-0.2, 0) is 9.53 Å². The van der Waals surface area contributed by atoms with E-state index in [2.05, 4.69) is 5.32 Å². The summed E-state index contributed by atoms with van der Waals surface area (Å²) in [5.41, 5.74) is 5.50. The maximum Gasteiger partial charge on any atom is 0.248 e. The maximum absolute atomic E-state index is 11.1. The van der Waals surface area contributed by atoms with E-state index in [4.69, 9.17) is 15.6 Å². The minimum atomic E-state index is -0.627. The van der Waals surface area contributed by atoms with Gasteiger partial charge in [0.25, 0.3) is 0 Å². The van der Waals surface area contributed by atoms with Gasteiger partial charge in [0.2, 0.25) is 5.91 Å². The number of nitrogens with two attached hydrogens (primary N) is 1. The van der Waals surface area contributed by atoms with E-state index in [0.717, 1.165) is 0 Å². The minimum absolute atomic E-state index is 0.224. The zero-order chi connectivity index (χ0) is 10.4. The fraction of sp³-hybridized carbons (Fsp3) is 0.875. The van der Waals surface area contributed by atoms with Crippen LogP contribution in [0.1, 0.15) is 13.8 Å². The van der Waals surface area contributed by atoms with Crippen LogP contribution in [-0.4, -0.2) is 42.9 Å². The van der Waals surface area contributed by atoms with Crippen molar-refractivity contribution < 1.29 is 14.6 Å². The normalized spacial score (nSPS) is 17.6. The standard InChI is InChI=1S/C8H18N2O3/c1-5(11)7(9)4-10-8(12)6(2)13-3/h5-7,11H,4,9H2,1-3H3,(H,10,12). The molecule has 5 nitrogen and oxygen atoms in total. The SMILES string of the molecule is COC(C)C(=O)NCC(N)C(C)O. The first-order valence-corrected chi connectivity index (χ1v) is 4.23. The number of rotatable bonds is 5. The van der Waals surface area contributed by atoms with Crippen LogP contribution in [0.15, 0.2) is 0 Å². The third kappa shape index (κ3) is 4.82. The van der Waals surface area contributed by atoms with Crippen LogP contribution in [0.4, 0.5) is 0 Å². The lowest BCUT2D eigenvalue weighted by Gasteiger charge is -2.16. The van der Waals surface area contributed by atoms with E-state index in [9.17, 15) is 4.79 Å². The number of ether oxygens (including phenoxy) is 1. The van der Waals surface area contributed by atoms with Crippen molar-refractivity contribution in [3.8, 4) is 0 Å². The van der Waals surface area contributed by atoms with Gasteiger partial charge in [-0.3, -0.25) is 4.79 Å². The second-order valence-corrected chi connectivity index (χ2v) is 3.03. The van der Waals surface area contributed by atoms with Crippen molar-refractivity contribution in [1.29, 1.82) is 0 Å². The van der Waals surface area contributed by atoms with Gasteiger partial charge in [0, 0.05) is 19.7 Å². The molecule has 78 valence electrons. The summed E-state index contributed by atoms with van der Waals surface area (Å²) in [6.45, 7) is 3.48. The van der Waals surface area contributed by atoms with E-state index in [-0.39, 0.29) is 12.5 Å². The molecule has 3 unspecified atom stereocenters. The van der Waals surface area contributed by atoms with Gasteiger partial charge >= 0.3 is 0 Å². The summed E-state index contributed by atoms with van der Waals surface area (Å²) >= 11 is 0. The zero-order valence-electron chi connectivity index (χ0n) is 8.28. The number of aliphatic hydroxyl groups is 1. The number of methoxy groups -OCH3 is 1. The van der Waals surface area contributed by atoms with E-state index >= 15 is 0 Å². The number of hydrogen-bond acceptors (Lipinski definition) is 4. The third-order valence-corrected chi connectivity index (χ3v) is 1.85. The van der Waals surface area contributed by atoms with Gasteiger partial charge in [-0.1, -0.05) is 0 Å². The molecule has 4 N–H and O–H groups in total. The molecule has 0 spiro atoms. The van der Waals surface area contributed by atoms with Crippen molar-refractivity contribution in [2.45, 2.75) is 32.1 Å². The lowest BCUT2D eigenvalue weighted by Crippen LogP contribution is -2.46. The smallest absolute Gasteiger partial charge is 0.248 e. The van der Waals surface area contributed by atoms with E-state index in [1.54, 1.807) is 13.8 Å². The number of nitrogens with one attached hydrogen (secondary N) is 1. The average Bonchev–Trinajstić information content (AvgIpc) is 2.11. The van der Waals surface area contributed by atoms with E-state index < -0.39 is 18.2 Å². The van der Waals surface area contributed by atoms with Crippen LogP contribution < -0.4 is 11.1 Å². The summed E-state index contributed by atoms with van der Waals surface area (Å²) in [6, 6.07) is -0.437. The molecule has 0 aromatic rings. The van der Waals surface area contributed by atoms with Crippen molar-refractivity contribution in [3.05, 3.63) is 0 Å². The van der Waals surface area contributed by atoms with Crippen molar-refractivity contribution >= 4 is 5.91 Å². The summed E-state index contributed by atoms with van der Waals surface area (Å²) in [4.78, 5) is 11.1. The van der Waals surface area contributed by atoms with Gasteiger partial charge < -0.3 is 20.9 Å². The van der Waals surface area contributed by atoms with E-state index in [1.807, 2.05) is 0 Å². The molecule has 0 saturated carbocycles. The van der Waals surface area contributed by atoms with Gasteiger partial charge in [-0.2, -0.15) is 0 Å². The summed E-state index contributed by atoms with van der Waals surface area (Å²) in [7, 11) is 1.46. The van der Waals surface area contributed by atoms with Crippen molar-refractivity contribution in [2.75, 3.05) is 13.7 Å². The van der Waals surface area contributed by atoms with Crippen LogP contribution in [0.2, 0.25) is 0 Å². The molecule has 0 aliphatic heterocycles. The Morgan fingerprint density at radius 2 is 2.15 bits per heavy atom. The topological polar surface area (TPSA) is 84.6 Å². The van der Waals surface area contributed by atoms with Crippen LogP contribution in [0.3, 0.4) is 0 Å². The van der Waals surface area contributed by atoms with E-state index in [0.29, 0.717) is 0 Å². The Labute approximate surface area is 78.3 Å². The molecule has 0 fully saturated rings. The minimum Gasteiger partial charge on any atom is -0.392 e. The summed E-state index contributed by atoms with van der Waals surface area (Å²) in [6.07, 6.45) is -1.11. The molecule has 0 heterocycles. The molecule has 5 heteroatoms. The predicted molar refractivity (Wildman–Crippen MR) is 49.1 cm³/mol. The number of amides is 1. The lowest BCUT2D eigenvalue weighted by molar-refractivity contribution is -0.130. The first kappa shape index (κ1) is 12.3. The quantitative estimate of drug-likeness (QED) is 0.511. The number of hydrogen-bond donors (Lipinski definition) is 3. The predicted octanol–water partition coefficient (Wildman–Crippen LogP) is -1.15. The van der Waals surface area contributed by atoms with Crippen molar-refractivity contribution in [2.24, 2.45) is 5.73 Å². The van der Waals surface area contributed by atoms with Gasteiger partial charge in [0.1, 0.15) is 6.10 Å². The Morgan fingerprint density at radius 1 is 1.62 bits per heavy atom. The van der Waals surface area contributed by atoms with Crippen LogP contribution in [0.25, 0.3) is 0 Å². The molecule has 13 heavy (non-hydrogen) atoms. The fourth-order valence-corrected chi connectivity index (χ4v) is 0.640. The second-order valence-electron chi connectivity index (χ2n) is 3.03. The monoisotopic (exact) mass is 190 g/mol. The molecule has 0 radical (unpaired) electrons. The molecule has 0 aliphatic carbocycles. The van der Waals surface area contributed by atoms with Gasteiger partial charge in [0.15, 0.2) is 0 Å². The van der Waals surface area contributed by atoms with Crippen LogP contribution in [0.5, 0.6) is 0 Å². The number of carbonyl (C=O) groups excluding carboxylic acids is 1. The number of aliphatic hydroxyl groups excluding tert-OH is 1. The van der Waals surface area contributed by atoms with Crippen molar-refractivity contribution in [3.63, 3.8) is 0 Å². The van der Waals surface area contributed by atoms with E-state index in [1.165, 1.54) is 7.11 Å². The molecular formula is C8H18N2O3. The molecule has 3 atom stereocenters. The molecule has 0 rings (SSSR count). The lowest BCUT2D eigenvalue weighted by atomic mass is 10.2. The fourth-order valence-electron chi connectivity index (χ4n) is 0.640. The summed E-state index contributed by atoms with van der Waals surface area (Å²) < 4.78 is 4.79. The van der Waals surface area contributed by atoms with Gasteiger partial charge in [0.05, 0.1) is 6.10 Å². The van der Waals surface area contributed by atoms with Crippen LogP contribution >= 0.6 is 0 Å². The molecule has 0 aromatic heterocycles. The van der Waals surface area contributed by atoms with Gasteiger partial charge in [-0.25, -0.2) is 0 Å². The van der Waals surface area contributed by atoms with Gasteiger partial charge in [-0.05, 0) is 13.8 Å². The second kappa shape index (κ2) is 5.90. The molecule has 0 bridgehead atoms. The highest BCUT2D eigenvalue weighted by molar-refractivity contribution is 5.80. The molecular weight excluding hydrogens is 172 g/mol. The van der Waals surface area contributed by atoms with Gasteiger partial charge in [-0.15, -0.1) is 0 Å². The van der Waals surface area contributed by atoms with Crippen molar-refractivity contribution in [1.82, 2.24) is 5.32 Å². The average molecular weight is 190 g/mol. The van der Waals surface area contributed by atoms with Crippen LogP contribution in [0, 0.1) is 0 Å². The Morgan fingerprint density at radius 3 is 2.54 bits per heavy atom. The Balaban J connectivity index is 3.70. The molecule has 0 saturated heterocycles. The third-order valence-electron chi connectivity index (χ3n) is 1.85.